The van der Waals surface area contributed by atoms with E-state index in [4.69, 9.17) is 14.2 Å². The second-order valence-electron chi connectivity index (χ2n) is 8.21. The Balaban J connectivity index is 1.69. The van der Waals surface area contributed by atoms with Crippen molar-refractivity contribution in [1.29, 1.82) is 0 Å². The highest BCUT2D eigenvalue weighted by atomic mass is 16.7. The summed E-state index contributed by atoms with van der Waals surface area (Å²) < 4.78 is 16.1. The van der Waals surface area contributed by atoms with Gasteiger partial charge >= 0.3 is 11.9 Å². The fourth-order valence-electron chi connectivity index (χ4n) is 3.91. The minimum Gasteiger partial charge on any atom is -0.508 e. The van der Waals surface area contributed by atoms with E-state index in [0.717, 1.165) is 0 Å². The minimum atomic E-state index is -1.61. The second kappa shape index (κ2) is 11.6. The maximum Gasteiger partial charge on any atom is 0.336 e. The second-order valence-corrected chi connectivity index (χ2v) is 8.21. The number of phenolic OH excluding ortho intramolecular Hbond substituents is 1. The molecule has 0 saturated carbocycles. The fourth-order valence-corrected chi connectivity index (χ4v) is 3.91. The molecule has 0 aromatic heterocycles. The average Bonchev–Trinajstić information content (AvgIpc) is 3.13. The number of hydrogen-bond acceptors (Lipinski definition) is 10. The van der Waals surface area contributed by atoms with E-state index >= 15 is 0 Å². The summed E-state index contributed by atoms with van der Waals surface area (Å²) in [5, 5.41) is 58.0. The van der Waals surface area contributed by atoms with Crippen molar-refractivity contribution in [1.82, 2.24) is 0 Å². The minimum absolute atomic E-state index is 0.0253. The number of aromatic hydroxyl groups is 1. The Bertz CT molecular complexity index is 1010. The molecule has 11 nitrogen and oxygen atoms in total. The zero-order chi connectivity index (χ0) is 25.7. The molecular weight excluding hydrogens is 464 g/mol. The van der Waals surface area contributed by atoms with Gasteiger partial charge in [-0.1, -0.05) is 23.8 Å². The molecule has 0 bridgehead atoms. The van der Waals surface area contributed by atoms with Gasteiger partial charge in [-0.3, -0.25) is 0 Å². The Hall–Kier alpha value is -3.06. The van der Waals surface area contributed by atoms with E-state index in [9.17, 15) is 40.2 Å². The van der Waals surface area contributed by atoms with Gasteiger partial charge in [-0.2, -0.15) is 0 Å². The molecule has 2 aliphatic rings. The van der Waals surface area contributed by atoms with Gasteiger partial charge in [0.05, 0.1) is 18.8 Å². The van der Waals surface area contributed by atoms with Crippen LogP contribution < -0.4 is 0 Å². The zero-order valence-corrected chi connectivity index (χ0v) is 18.9. The van der Waals surface area contributed by atoms with E-state index in [1.54, 1.807) is 19.1 Å². The lowest BCUT2D eigenvalue weighted by Crippen LogP contribution is -2.59. The Morgan fingerprint density at radius 2 is 1.80 bits per heavy atom. The highest BCUT2D eigenvalue weighted by molar-refractivity contribution is 5.95. The van der Waals surface area contributed by atoms with Crippen LogP contribution in [0.25, 0.3) is 6.08 Å². The molecule has 1 saturated heterocycles. The van der Waals surface area contributed by atoms with E-state index in [1.165, 1.54) is 30.4 Å². The molecule has 35 heavy (non-hydrogen) atoms. The number of aliphatic hydroxyl groups excluding tert-OH is 4. The molecule has 0 amide bonds. The van der Waals surface area contributed by atoms with E-state index in [0.29, 0.717) is 11.1 Å². The maximum absolute atomic E-state index is 12.4. The van der Waals surface area contributed by atoms with Crippen molar-refractivity contribution in [3.63, 3.8) is 0 Å². The molecule has 1 unspecified atom stereocenters. The summed E-state index contributed by atoms with van der Waals surface area (Å²) in [6, 6.07) is 6.13. The van der Waals surface area contributed by atoms with Gasteiger partial charge in [0.1, 0.15) is 36.3 Å². The molecular formula is C24H28O11. The lowest BCUT2D eigenvalue weighted by molar-refractivity contribution is -0.298. The quantitative estimate of drug-likeness (QED) is 0.210. The van der Waals surface area contributed by atoms with Crippen LogP contribution in [0.2, 0.25) is 0 Å². The summed E-state index contributed by atoms with van der Waals surface area (Å²) in [4.78, 5) is 24.2. The first kappa shape index (κ1) is 26.5. The van der Waals surface area contributed by atoms with Gasteiger partial charge in [-0.25, -0.2) is 9.59 Å². The van der Waals surface area contributed by atoms with Crippen LogP contribution >= 0.6 is 0 Å². The lowest BCUT2D eigenvalue weighted by Gasteiger charge is -2.39. The number of carbonyl (C=O) groups is 2. The van der Waals surface area contributed by atoms with Gasteiger partial charge < -0.3 is 44.8 Å². The molecule has 1 aliphatic heterocycles. The number of carbonyl (C=O) groups excluding carboxylic acids is 1. The lowest BCUT2D eigenvalue weighted by atomic mass is 9.99. The number of esters is 1. The Morgan fingerprint density at radius 1 is 1.11 bits per heavy atom. The van der Waals surface area contributed by atoms with Gasteiger partial charge in [0, 0.05) is 18.1 Å². The van der Waals surface area contributed by atoms with Crippen LogP contribution in [-0.2, 0) is 23.8 Å². The van der Waals surface area contributed by atoms with Crippen LogP contribution in [0.3, 0.4) is 0 Å². The first-order valence-corrected chi connectivity index (χ1v) is 10.9. The zero-order valence-electron chi connectivity index (χ0n) is 18.9. The Morgan fingerprint density at radius 3 is 2.43 bits per heavy atom. The largest absolute Gasteiger partial charge is 0.508 e. The summed E-state index contributed by atoms with van der Waals surface area (Å²) in [6.07, 6.45) is -3.99. The predicted octanol–water partition coefficient (Wildman–Crippen LogP) is -0.135. The van der Waals surface area contributed by atoms with E-state index < -0.39 is 55.4 Å². The highest BCUT2D eigenvalue weighted by Crippen LogP contribution is 2.34. The van der Waals surface area contributed by atoms with Crippen LogP contribution in [0, 0.1) is 0 Å². The molecule has 1 aliphatic carbocycles. The van der Waals surface area contributed by atoms with E-state index in [-0.39, 0.29) is 29.9 Å². The average molecular weight is 492 g/mol. The molecule has 11 heteroatoms. The molecule has 1 aromatic carbocycles. The number of hydrogen-bond donors (Lipinski definition) is 6. The Labute approximate surface area is 200 Å². The summed E-state index contributed by atoms with van der Waals surface area (Å²) in [5.74, 6) is -1.83. The molecule has 1 fully saturated rings. The van der Waals surface area contributed by atoms with Crippen molar-refractivity contribution in [2.45, 2.75) is 50.2 Å². The number of carboxylic acids is 1. The van der Waals surface area contributed by atoms with Crippen LogP contribution in [-0.4, -0.2) is 92.6 Å². The van der Waals surface area contributed by atoms with Crippen molar-refractivity contribution in [3.05, 3.63) is 58.7 Å². The first-order valence-electron chi connectivity index (χ1n) is 10.9. The summed E-state index contributed by atoms with van der Waals surface area (Å²) >= 11 is 0. The SMILES string of the molecule is CC1=C(C(=O)O)/C(=C\CO[C@@H]2O[C@H](CO)[C@@H](O)[C@H](O)[C@H]2O)C(OC(=O)/C=C/c2ccc(O)cc2)C1. The number of aliphatic hydroxyl groups is 4. The van der Waals surface area contributed by atoms with Crippen LogP contribution in [0.1, 0.15) is 18.9 Å². The number of benzene rings is 1. The van der Waals surface area contributed by atoms with Crippen molar-refractivity contribution >= 4 is 18.0 Å². The predicted molar refractivity (Wildman–Crippen MR) is 120 cm³/mol. The van der Waals surface area contributed by atoms with Gasteiger partial charge in [-0.15, -0.1) is 0 Å². The third-order valence-electron chi connectivity index (χ3n) is 5.74. The Kier molecular flexibility index (Phi) is 8.78. The summed E-state index contributed by atoms with van der Waals surface area (Å²) in [7, 11) is 0. The maximum atomic E-state index is 12.4. The third-order valence-corrected chi connectivity index (χ3v) is 5.74. The van der Waals surface area contributed by atoms with E-state index in [1.807, 2.05) is 0 Å². The first-order chi connectivity index (χ1) is 16.6. The molecule has 0 radical (unpaired) electrons. The van der Waals surface area contributed by atoms with Crippen molar-refractivity contribution in [2.24, 2.45) is 0 Å². The summed E-state index contributed by atoms with van der Waals surface area (Å²) in [6.45, 7) is 0.710. The monoisotopic (exact) mass is 492 g/mol. The van der Waals surface area contributed by atoms with Crippen molar-refractivity contribution < 1.29 is 54.4 Å². The van der Waals surface area contributed by atoms with Gasteiger partial charge in [-0.05, 0) is 30.7 Å². The van der Waals surface area contributed by atoms with Crippen LogP contribution in [0.15, 0.2) is 53.1 Å². The molecule has 3 rings (SSSR count). The summed E-state index contributed by atoms with van der Waals surface area (Å²) in [5.41, 5.74) is 1.32. The number of rotatable bonds is 8. The standard InChI is InChI=1S/C24H28O11/c1-12-10-16(34-18(27)7-4-13-2-5-14(26)6-3-13)15(19(12)23(31)32)8-9-33-24-22(30)21(29)20(28)17(11-25)35-24/h2-8,16-17,20-22,24-26,28-30H,9-11H2,1H3,(H,31,32)/b7-4+,15-8-/t16?,17-,20-,21+,22-,24-/m1/s1. The van der Waals surface area contributed by atoms with E-state index in [2.05, 4.69) is 0 Å². The number of phenols is 1. The van der Waals surface area contributed by atoms with Gasteiger partial charge in [0.25, 0.3) is 0 Å². The molecule has 6 atom stereocenters. The molecule has 190 valence electrons. The number of ether oxygens (including phenoxy) is 3. The highest BCUT2D eigenvalue weighted by Gasteiger charge is 2.44. The van der Waals surface area contributed by atoms with Gasteiger partial charge in [0.15, 0.2) is 6.29 Å². The topological polar surface area (TPSA) is 183 Å². The van der Waals surface area contributed by atoms with Crippen LogP contribution in [0.5, 0.6) is 5.75 Å². The number of aliphatic carboxylic acids is 1. The fraction of sp³-hybridized carbons (Fsp3) is 0.417. The van der Waals surface area contributed by atoms with Gasteiger partial charge in [0.2, 0.25) is 0 Å². The van der Waals surface area contributed by atoms with Crippen LogP contribution in [0.4, 0.5) is 0 Å². The normalized spacial score (nSPS) is 30.3. The molecule has 1 aromatic rings. The molecule has 6 N–H and O–H groups in total. The number of carboxylic acid groups (broad SMARTS) is 1. The van der Waals surface area contributed by atoms with Crippen molar-refractivity contribution in [2.75, 3.05) is 13.2 Å². The van der Waals surface area contributed by atoms with Crippen molar-refractivity contribution in [3.8, 4) is 5.75 Å². The third kappa shape index (κ3) is 6.34. The molecule has 1 heterocycles. The molecule has 0 spiro atoms. The smallest absolute Gasteiger partial charge is 0.336 e.